The molecule has 0 saturated carbocycles. The van der Waals surface area contributed by atoms with Crippen molar-refractivity contribution in [1.82, 2.24) is 0 Å². The summed E-state index contributed by atoms with van der Waals surface area (Å²) in [6.07, 6.45) is 2.67. The molecular weight excluding hydrogens is 316 g/mol. The van der Waals surface area contributed by atoms with Crippen molar-refractivity contribution >= 4 is 12.2 Å². The molecule has 1 aliphatic carbocycles. The lowest BCUT2D eigenvalue weighted by molar-refractivity contribution is 0.363. The van der Waals surface area contributed by atoms with Crippen molar-refractivity contribution in [3.63, 3.8) is 0 Å². The molecule has 0 N–H and O–H groups in total. The van der Waals surface area contributed by atoms with Crippen molar-refractivity contribution < 1.29 is 4.74 Å². The number of benzene rings is 3. The fraction of sp³-hybridized carbons (Fsp3) is 0.120. The lowest BCUT2D eigenvalue weighted by Crippen LogP contribution is -2.23. The third-order valence-corrected chi connectivity index (χ3v) is 4.95. The minimum absolute atomic E-state index is 0.521. The first-order chi connectivity index (χ1) is 12.7. The van der Waals surface area contributed by atoms with Gasteiger partial charge in [-0.2, -0.15) is 0 Å². The van der Waals surface area contributed by atoms with Crippen molar-refractivity contribution in [3.8, 4) is 5.75 Å². The third-order valence-electron chi connectivity index (χ3n) is 4.95. The zero-order chi connectivity index (χ0) is 18.1. The Hall–Kier alpha value is -3.06. The molecule has 0 atom stereocenters. The molecule has 26 heavy (non-hydrogen) atoms. The largest absolute Gasteiger partial charge is 0.490 e. The van der Waals surface area contributed by atoms with Crippen LogP contribution in [0.2, 0.25) is 0 Å². The van der Waals surface area contributed by atoms with E-state index in [-0.39, 0.29) is 0 Å². The summed E-state index contributed by atoms with van der Waals surface area (Å²) in [7, 11) is 0. The van der Waals surface area contributed by atoms with Crippen molar-refractivity contribution in [2.45, 2.75) is 13.3 Å². The maximum Gasteiger partial charge on any atom is 0.120 e. The van der Waals surface area contributed by atoms with Gasteiger partial charge in [-0.3, -0.25) is 0 Å². The molecule has 0 heterocycles. The number of ether oxygens (including phenoxy) is 1. The first kappa shape index (κ1) is 16.4. The SMILES string of the molecule is C=CCOc1ccc2c(c1)Cc1cc(=C)ccc1=C2c1ccccc1C. The highest BCUT2D eigenvalue weighted by atomic mass is 16.5. The predicted octanol–water partition coefficient (Wildman–Crippen LogP) is 4.12. The fourth-order valence-corrected chi connectivity index (χ4v) is 3.74. The van der Waals surface area contributed by atoms with Gasteiger partial charge in [0.25, 0.3) is 0 Å². The first-order valence-corrected chi connectivity index (χ1v) is 8.92. The normalized spacial score (nSPS) is 12.3. The quantitative estimate of drug-likeness (QED) is 0.509. The predicted molar refractivity (Wildman–Crippen MR) is 109 cm³/mol. The van der Waals surface area contributed by atoms with Gasteiger partial charge in [0.1, 0.15) is 12.4 Å². The highest BCUT2D eigenvalue weighted by molar-refractivity contribution is 5.85. The summed E-state index contributed by atoms with van der Waals surface area (Å²) in [4.78, 5) is 0. The van der Waals surface area contributed by atoms with Gasteiger partial charge in [-0.25, -0.2) is 0 Å². The van der Waals surface area contributed by atoms with E-state index in [0.717, 1.165) is 17.4 Å². The zero-order valence-corrected chi connectivity index (χ0v) is 15.1. The summed E-state index contributed by atoms with van der Waals surface area (Å²) in [6.45, 7) is 10.5. The molecule has 128 valence electrons. The molecule has 3 aromatic rings. The van der Waals surface area contributed by atoms with Crippen LogP contribution in [0.3, 0.4) is 0 Å². The van der Waals surface area contributed by atoms with Gasteiger partial charge in [0.2, 0.25) is 0 Å². The van der Waals surface area contributed by atoms with Crippen molar-refractivity contribution in [1.29, 1.82) is 0 Å². The Morgan fingerprint density at radius 3 is 2.62 bits per heavy atom. The average molecular weight is 338 g/mol. The van der Waals surface area contributed by atoms with Crippen molar-refractivity contribution in [2.75, 3.05) is 6.61 Å². The van der Waals surface area contributed by atoms with Gasteiger partial charge in [-0.05, 0) is 69.3 Å². The maximum atomic E-state index is 5.76. The lowest BCUT2D eigenvalue weighted by atomic mass is 9.82. The van der Waals surface area contributed by atoms with Crippen molar-refractivity contribution in [2.24, 2.45) is 0 Å². The number of aryl methyl sites for hydroxylation is 1. The van der Waals surface area contributed by atoms with E-state index >= 15 is 0 Å². The first-order valence-electron chi connectivity index (χ1n) is 8.92. The highest BCUT2D eigenvalue weighted by Gasteiger charge is 2.19. The molecule has 0 unspecified atom stereocenters. The van der Waals surface area contributed by atoms with Crippen LogP contribution in [0.25, 0.3) is 12.2 Å². The van der Waals surface area contributed by atoms with E-state index in [0.29, 0.717) is 6.61 Å². The number of rotatable bonds is 4. The summed E-state index contributed by atoms with van der Waals surface area (Å²) < 4.78 is 5.76. The molecule has 3 aromatic carbocycles. The van der Waals surface area contributed by atoms with E-state index in [2.05, 4.69) is 80.7 Å². The Bertz CT molecular complexity index is 1110. The maximum absolute atomic E-state index is 5.76. The molecule has 0 radical (unpaired) electrons. The van der Waals surface area contributed by atoms with Crippen LogP contribution < -0.4 is 15.2 Å². The molecule has 0 aromatic heterocycles. The summed E-state index contributed by atoms with van der Waals surface area (Å²) >= 11 is 0. The van der Waals surface area contributed by atoms with Crippen LogP contribution in [-0.2, 0) is 6.42 Å². The Labute approximate surface area is 154 Å². The van der Waals surface area contributed by atoms with Gasteiger partial charge in [0.05, 0.1) is 0 Å². The molecular formula is C25H22O. The fourth-order valence-electron chi connectivity index (χ4n) is 3.74. The van der Waals surface area contributed by atoms with Crippen LogP contribution >= 0.6 is 0 Å². The Morgan fingerprint density at radius 2 is 1.81 bits per heavy atom. The molecule has 0 aliphatic heterocycles. The second-order valence-electron chi connectivity index (χ2n) is 6.78. The molecule has 0 saturated heterocycles. The van der Waals surface area contributed by atoms with E-state index < -0.39 is 0 Å². The van der Waals surface area contributed by atoms with Gasteiger partial charge < -0.3 is 4.74 Å². The van der Waals surface area contributed by atoms with E-state index in [1.165, 1.54) is 38.6 Å². The minimum Gasteiger partial charge on any atom is -0.490 e. The van der Waals surface area contributed by atoms with Crippen LogP contribution in [0.1, 0.15) is 27.8 Å². The second kappa shape index (κ2) is 6.68. The molecule has 1 heteroatoms. The van der Waals surface area contributed by atoms with Crippen LogP contribution in [-0.4, -0.2) is 6.61 Å². The van der Waals surface area contributed by atoms with E-state index in [9.17, 15) is 0 Å². The van der Waals surface area contributed by atoms with Gasteiger partial charge in [0.15, 0.2) is 0 Å². The Balaban J connectivity index is 2.00. The number of hydrogen-bond donors (Lipinski definition) is 0. The molecule has 0 spiro atoms. The standard InChI is InChI=1S/C25H22O/c1-4-13-26-21-10-12-24-20(16-21)15-19-14-17(2)9-11-23(19)25(24)22-8-6-5-7-18(22)3/h4-12,14,16H,1-2,13,15H2,3H3. The Morgan fingerprint density at radius 1 is 0.962 bits per heavy atom. The zero-order valence-electron chi connectivity index (χ0n) is 15.1. The molecule has 0 amide bonds. The molecule has 0 bridgehead atoms. The smallest absolute Gasteiger partial charge is 0.120 e. The van der Waals surface area contributed by atoms with E-state index in [4.69, 9.17) is 4.74 Å². The monoisotopic (exact) mass is 338 g/mol. The van der Waals surface area contributed by atoms with Gasteiger partial charge in [-0.1, -0.05) is 67.8 Å². The number of hydrogen-bond acceptors (Lipinski definition) is 1. The van der Waals surface area contributed by atoms with E-state index in [1.807, 2.05) is 0 Å². The van der Waals surface area contributed by atoms with Gasteiger partial charge in [-0.15, -0.1) is 0 Å². The lowest BCUT2D eigenvalue weighted by Gasteiger charge is -2.22. The summed E-state index contributed by atoms with van der Waals surface area (Å²) in [5, 5.41) is 2.36. The second-order valence-corrected chi connectivity index (χ2v) is 6.78. The summed E-state index contributed by atoms with van der Waals surface area (Å²) in [5.74, 6) is 0.891. The molecule has 0 fully saturated rings. The van der Waals surface area contributed by atoms with Crippen LogP contribution in [0.5, 0.6) is 5.75 Å². The van der Waals surface area contributed by atoms with Gasteiger partial charge >= 0.3 is 0 Å². The van der Waals surface area contributed by atoms with E-state index in [1.54, 1.807) is 6.08 Å². The highest BCUT2D eigenvalue weighted by Crippen LogP contribution is 2.32. The van der Waals surface area contributed by atoms with Crippen molar-refractivity contribution in [3.05, 3.63) is 112 Å². The minimum atomic E-state index is 0.521. The molecule has 4 rings (SSSR count). The third kappa shape index (κ3) is 2.86. The molecule has 1 nitrogen and oxygen atoms in total. The summed E-state index contributed by atoms with van der Waals surface area (Å²) in [5.41, 5.74) is 7.77. The average Bonchev–Trinajstić information content (AvgIpc) is 2.65. The van der Waals surface area contributed by atoms with Crippen LogP contribution in [0.15, 0.2) is 73.3 Å². The topological polar surface area (TPSA) is 9.23 Å². The summed E-state index contributed by atoms with van der Waals surface area (Å²) in [6, 6.07) is 21.5. The van der Waals surface area contributed by atoms with Crippen LogP contribution in [0, 0.1) is 6.92 Å². The van der Waals surface area contributed by atoms with Gasteiger partial charge in [0, 0.05) is 0 Å². The number of fused-ring (bicyclic) bond motifs is 2. The van der Waals surface area contributed by atoms with Crippen LogP contribution in [0.4, 0.5) is 0 Å². The Kier molecular flexibility index (Phi) is 4.22. The molecule has 1 aliphatic rings.